The molecule has 20 heavy (non-hydrogen) atoms. The van der Waals surface area contributed by atoms with E-state index in [4.69, 9.17) is 4.74 Å². The number of aryl methyl sites for hydroxylation is 1. The standard InChI is InChI=1S/C18H20O2/c1-3-4-5-14-6-8-15(9-7-14)18-11-10-17(20-2)12-16(18)13-19/h6-13H,3-5H2,1-2H3. The minimum absolute atomic E-state index is 0.658. The van der Waals surface area contributed by atoms with Crippen molar-refractivity contribution in [2.75, 3.05) is 7.11 Å². The lowest BCUT2D eigenvalue weighted by Gasteiger charge is -2.08. The van der Waals surface area contributed by atoms with E-state index >= 15 is 0 Å². The van der Waals surface area contributed by atoms with Crippen molar-refractivity contribution in [1.82, 2.24) is 0 Å². The van der Waals surface area contributed by atoms with Crippen molar-refractivity contribution >= 4 is 6.29 Å². The lowest BCUT2D eigenvalue weighted by molar-refractivity contribution is 0.112. The van der Waals surface area contributed by atoms with Crippen LogP contribution in [0.1, 0.15) is 35.7 Å². The number of hydrogen-bond acceptors (Lipinski definition) is 2. The van der Waals surface area contributed by atoms with Gasteiger partial charge in [-0.15, -0.1) is 0 Å². The van der Waals surface area contributed by atoms with Crippen molar-refractivity contribution in [2.45, 2.75) is 26.2 Å². The molecule has 0 aromatic heterocycles. The molecule has 2 aromatic carbocycles. The number of carbonyl (C=O) groups excluding carboxylic acids is 1. The molecule has 0 saturated heterocycles. The van der Waals surface area contributed by atoms with Gasteiger partial charge in [-0.05, 0) is 47.7 Å². The van der Waals surface area contributed by atoms with Crippen molar-refractivity contribution in [2.24, 2.45) is 0 Å². The van der Waals surface area contributed by atoms with Gasteiger partial charge in [0, 0.05) is 5.56 Å². The minimum Gasteiger partial charge on any atom is -0.497 e. The molecule has 2 nitrogen and oxygen atoms in total. The van der Waals surface area contributed by atoms with Gasteiger partial charge in [0.2, 0.25) is 0 Å². The van der Waals surface area contributed by atoms with Crippen molar-refractivity contribution in [3.8, 4) is 16.9 Å². The van der Waals surface area contributed by atoms with Gasteiger partial charge in [0.1, 0.15) is 5.75 Å². The molecule has 0 amide bonds. The van der Waals surface area contributed by atoms with Crippen molar-refractivity contribution in [3.63, 3.8) is 0 Å². The zero-order valence-electron chi connectivity index (χ0n) is 12.1. The summed E-state index contributed by atoms with van der Waals surface area (Å²) in [5.74, 6) is 0.704. The largest absolute Gasteiger partial charge is 0.497 e. The van der Waals surface area contributed by atoms with Gasteiger partial charge < -0.3 is 4.74 Å². The third-order valence-corrected chi connectivity index (χ3v) is 3.47. The number of methoxy groups -OCH3 is 1. The first-order valence-electron chi connectivity index (χ1n) is 7.01. The van der Waals surface area contributed by atoms with Gasteiger partial charge in [0.15, 0.2) is 6.29 Å². The maximum atomic E-state index is 11.2. The van der Waals surface area contributed by atoms with Crippen LogP contribution < -0.4 is 4.74 Å². The summed E-state index contributed by atoms with van der Waals surface area (Å²) in [6.07, 6.45) is 4.40. The Kier molecular flexibility index (Phi) is 4.94. The summed E-state index contributed by atoms with van der Waals surface area (Å²) < 4.78 is 5.15. The van der Waals surface area contributed by atoms with Crippen LogP contribution in [0.2, 0.25) is 0 Å². The average molecular weight is 268 g/mol. The van der Waals surface area contributed by atoms with E-state index in [1.165, 1.54) is 18.4 Å². The van der Waals surface area contributed by atoms with Gasteiger partial charge >= 0.3 is 0 Å². The summed E-state index contributed by atoms with van der Waals surface area (Å²) >= 11 is 0. The summed E-state index contributed by atoms with van der Waals surface area (Å²) in [6.45, 7) is 2.20. The molecule has 0 atom stereocenters. The molecule has 0 heterocycles. The molecular weight excluding hydrogens is 248 g/mol. The van der Waals surface area contributed by atoms with Crippen LogP contribution in [0.4, 0.5) is 0 Å². The maximum absolute atomic E-state index is 11.2. The summed E-state index contributed by atoms with van der Waals surface area (Å²) in [7, 11) is 1.60. The second-order valence-corrected chi connectivity index (χ2v) is 4.87. The molecule has 2 heteroatoms. The molecule has 0 spiro atoms. The van der Waals surface area contributed by atoms with Crippen LogP contribution in [0, 0.1) is 0 Å². The molecule has 0 saturated carbocycles. The Labute approximate surface area is 120 Å². The number of hydrogen-bond donors (Lipinski definition) is 0. The van der Waals surface area contributed by atoms with E-state index in [0.29, 0.717) is 11.3 Å². The fourth-order valence-electron chi connectivity index (χ4n) is 2.26. The highest BCUT2D eigenvalue weighted by atomic mass is 16.5. The Bertz CT molecular complexity index is 570. The van der Waals surface area contributed by atoms with Gasteiger partial charge in [-0.1, -0.05) is 37.6 Å². The summed E-state index contributed by atoms with van der Waals surface area (Å²) in [5, 5.41) is 0. The van der Waals surface area contributed by atoms with E-state index in [1.54, 1.807) is 13.2 Å². The van der Waals surface area contributed by atoms with Crippen molar-refractivity contribution in [3.05, 3.63) is 53.6 Å². The molecule has 104 valence electrons. The maximum Gasteiger partial charge on any atom is 0.150 e. The van der Waals surface area contributed by atoms with E-state index in [-0.39, 0.29) is 0 Å². The molecule has 0 bridgehead atoms. The Balaban J connectivity index is 2.29. The van der Waals surface area contributed by atoms with E-state index in [1.807, 2.05) is 12.1 Å². The molecule has 2 aromatic rings. The molecule has 0 aliphatic heterocycles. The molecule has 2 rings (SSSR count). The summed E-state index contributed by atoms with van der Waals surface area (Å²) in [5.41, 5.74) is 4.01. The van der Waals surface area contributed by atoms with Crippen LogP contribution in [0.15, 0.2) is 42.5 Å². The van der Waals surface area contributed by atoms with Gasteiger partial charge in [0.05, 0.1) is 7.11 Å². The zero-order chi connectivity index (χ0) is 14.4. The Hall–Kier alpha value is -2.09. The average Bonchev–Trinajstić information content (AvgIpc) is 2.52. The van der Waals surface area contributed by atoms with Crippen LogP contribution in [0.3, 0.4) is 0 Å². The smallest absolute Gasteiger partial charge is 0.150 e. The quantitative estimate of drug-likeness (QED) is 0.720. The van der Waals surface area contributed by atoms with Crippen LogP contribution >= 0.6 is 0 Å². The third kappa shape index (κ3) is 3.27. The highest BCUT2D eigenvalue weighted by Crippen LogP contribution is 2.26. The molecule has 0 unspecified atom stereocenters. The first-order chi connectivity index (χ1) is 9.78. The minimum atomic E-state index is 0.658. The van der Waals surface area contributed by atoms with E-state index < -0.39 is 0 Å². The van der Waals surface area contributed by atoms with Gasteiger partial charge in [-0.25, -0.2) is 0 Å². The second kappa shape index (κ2) is 6.90. The van der Waals surface area contributed by atoms with Gasteiger partial charge in [-0.3, -0.25) is 4.79 Å². The van der Waals surface area contributed by atoms with Gasteiger partial charge in [-0.2, -0.15) is 0 Å². The fraction of sp³-hybridized carbons (Fsp3) is 0.278. The van der Waals surface area contributed by atoms with Crippen molar-refractivity contribution < 1.29 is 9.53 Å². The Morgan fingerprint density at radius 3 is 2.45 bits per heavy atom. The third-order valence-electron chi connectivity index (χ3n) is 3.47. The fourth-order valence-corrected chi connectivity index (χ4v) is 2.26. The SMILES string of the molecule is CCCCc1ccc(-c2ccc(OC)cc2C=O)cc1. The number of rotatable bonds is 6. The lowest BCUT2D eigenvalue weighted by atomic mass is 9.98. The van der Waals surface area contributed by atoms with Crippen molar-refractivity contribution in [1.29, 1.82) is 0 Å². The first kappa shape index (κ1) is 14.3. The Morgan fingerprint density at radius 1 is 1.10 bits per heavy atom. The summed E-state index contributed by atoms with van der Waals surface area (Å²) in [4.78, 5) is 11.2. The predicted octanol–water partition coefficient (Wildman–Crippen LogP) is 4.52. The number of aldehydes is 1. The highest BCUT2D eigenvalue weighted by molar-refractivity contribution is 5.88. The summed E-state index contributed by atoms with van der Waals surface area (Å²) in [6, 6.07) is 14.0. The zero-order valence-corrected chi connectivity index (χ0v) is 12.1. The number of ether oxygens (including phenoxy) is 1. The normalized spacial score (nSPS) is 10.3. The molecule has 0 aliphatic carbocycles. The molecular formula is C18H20O2. The Morgan fingerprint density at radius 2 is 1.85 bits per heavy atom. The monoisotopic (exact) mass is 268 g/mol. The van der Waals surface area contributed by atoms with Gasteiger partial charge in [0.25, 0.3) is 0 Å². The number of benzene rings is 2. The highest BCUT2D eigenvalue weighted by Gasteiger charge is 2.06. The second-order valence-electron chi connectivity index (χ2n) is 4.87. The first-order valence-corrected chi connectivity index (χ1v) is 7.01. The molecule has 0 aliphatic rings. The lowest BCUT2D eigenvalue weighted by Crippen LogP contribution is -1.91. The van der Waals surface area contributed by atoms with E-state index in [0.717, 1.165) is 23.8 Å². The van der Waals surface area contributed by atoms with Crippen LogP contribution in [0.25, 0.3) is 11.1 Å². The van der Waals surface area contributed by atoms with E-state index in [2.05, 4.69) is 31.2 Å². The molecule has 0 radical (unpaired) electrons. The van der Waals surface area contributed by atoms with Crippen LogP contribution in [-0.2, 0) is 6.42 Å². The molecule has 0 fully saturated rings. The van der Waals surface area contributed by atoms with E-state index in [9.17, 15) is 4.79 Å². The predicted molar refractivity (Wildman–Crippen MR) is 82.4 cm³/mol. The molecule has 0 N–H and O–H groups in total. The number of unbranched alkanes of at least 4 members (excludes halogenated alkanes) is 1. The topological polar surface area (TPSA) is 26.3 Å². The van der Waals surface area contributed by atoms with Crippen LogP contribution in [0.5, 0.6) is 5.75 Å². The van der Waals surface area contributed by atoms with Crippen LogP contribution in [-0.4, -0.2) is 13.4 Å². The number of carbonyl (C=O) groups is 1.